The summed E-state index contributed by atoms with van der Waals surface area (Å²) in [6.07, 6.45) is 0.217. The molecule has 3 aliphatic rings. The van der Waals surface area contributed by atoms with Crippen molar-refractivity contribution in [3.05, 3.63) is 86.6 Å². The third-order valence-corrected chi connectivity index (χ3v) is 17.8. The van der Waals surface area contributed by atoms with Crippen molar-refractivity contribution in [3.63, 3.8) is 0 Å². The molecule has 0 saturated heterocycles. The average Bonchev–Trinajstić information content (AvgIpc) is 0.857. The van der Waals surface area contributed by atoms with E-state index in [4.69, 9.17) is 55.6 Å². The first kappa shape index (κ1) is 77.4. The van der Waals surface area contributed by atoms with Gasteiger partial charge in [0.1, 0.15) is 67.4 Å². The van der Waals surface area contributed by atoms with Gasteiger partial charge in [0.25, 0.3) is 10.1 Å². The second-order valence-electron chi connectivity index (χ2n) is 17.2. The summed E-state index contributed by atoms with van der Waals surface area (Å²) in [5.74, 6) is -2.82. The number of hydrogen-bond donors (Lipinski definition) is 8. The van der Waals surface area contributed by atoms with Crippen LogP contribution in [-0.4, -0.2) is 139 Å². The molecule has 8 N–H and O–H groups in total. The van der Waals surface area contributed by atoms with Crippen molar-refractivity contribution in [2.45, 2.75) is 42.2 Å². The monoisotopic (exact) mass is 1470 g/mol. The van der Waals surface area contributed by atoms with Crippen LogP contribution in [0.5, 0.6) is 11.5 Å². The van der Waals surface area contributed by atoms with Crippen LogP contribution in [-0.2, 0) is 60.7 Å². The number of fused-ring (bicyclic) bond motifs is 4. The van der Waals surface area contributed by atoms with Crippen LogP contribution in [0.2, 0.25) is 20.6 Å². The SMILES string of the molecule is O=S(=O)([O-])c1ccc(S(=O)(=O)[O-])c(Nc2nc(Cl)nc(NCCCN=c3ccc4nc5c(Cl)c6c(c(Cl)c5oc-4c3S(=O)(=O)O)Nc3ccc(NCCCNc4nc(Cl)nc(Nc5cc(S(=O)(=O)[O-])ccc5S(=O)(=O)[O-])n4)c(S(=O)(=O)O)c3O6)n2)c1.[Na+].[Na+].[Na+].[Na+]. The van der Waals surface area contributed by atoms with E-state index in [0.717, 1.165) is 0 Å². The molecular weight excluding hydrogens is 1450 g/mol. The van der Waals surface area contributed by atoms with Gasteiger partial charge in [0, 0.05) is 26.2 Å². The van der Waals surface area contributed by atoms with E-state index < -0.39 is 135 Å². The van der Waals surface area contributed by atoms with E-state index in [-0.39, 0.29) is 224 Å². The van der Waals surface area contributed by atoms with Gasteiger partial charge < -0.3 is 59.3 Å². The largest absolute Gasteiger partial charge is 1.00 e. The van der Waals surface area contributed by atoms with Crippen LogP contribution in [0.4, 0.5) is 52.2 Å². The van der Waals surface area contributed by atoms with Gasteiger partial charge in [-0.1, -0.05) is 23.2 Å². The van der Waals surface area contributed by atoms with Gasteiger partial charge in [0.2, 0.25) is 34.4 Å². The zero-order valence-corrected chi connectivity index (χ0v) is 61.7. The van der Waals surface area contributed by atoms with Crippen LogP contribution in [0, 0.1) is 0 Å². The van der Waals surface area contributed by atoms with Crippen molar-refractivity contribution in [3.8, 4) is 23.0 Å². The Labute approximate surface area is 617 Å². The zero-order valence-electron chi connectivity index (χ0n) is 45.8. The van der Waals surface area contributed by atoms with Crippen molar-refractivity contribution in [1.82, 2.24) is 34.9 Å². The predicted molar refractivity (Wildman–Crippen MR) is 296 cm³/mol. The van der Waals surface area contributed by atoms with Crippen molar-refractivity contribution in [2.24, 2.45) is 4.99 Å². The number of nitrogens with one attached hydrogen (secondary N) is 6. The Morgan fingerprint density at radius 3 is 1.50 bits per heavy atom. The quantitative estimate of drug-likeness (QED) is 0.0143. The Hall–Kier alpha value is -3.26. The van der Waals surface area contributed by atoms with Crippen LogP contribution in [0.1, 0.15) is 12.8 Å². The summed E-state index contributed by atoms with van der Waals surface area (Å²) in [4.78, 5) is 26.7. The first-order valence-corrected chi connectivity index (χ1v) is 33.1. The number of aromatic nitrogens is 7. The van der Waals surface area contributed by atoms with Crippen molar-refractivity contribution >= 4 is 170 Å². The molecule has 0 spiro atoms. The molecule has 0 fully saturated rings. The minimum Gasteiger partial charge on any atom is -0.744 e. The van der Waals surface area contributed by atoms with E-state index in [2.05, 4.69) is 71.8 Å². The molecule has 0 bridgehead atoms. The summed E-state index contributed by atoms with van der Waals surface area (Å²) in [5, 5.41) is 13.9. The molecule has 0 saturated carbocycles. The molecule has 4 aromatic carbocycles. The molecule has 0 radical (unpaired) electrons. The first-order chi connectivity index (χ1) is 40.0. The van der Waals surface area contributed by atoms with Crippen molar-refractivity contribution < 1.29 is 205 Å². The Morgan fingerprint density at radius 1 is 0.522 bits per heavy atom. The number of rotatable bonds is 21. The standard InChI is InChI=1S/C42H34Cl4N14O20S6.4Na/c43-27-30-34(80-32-20(52-30)6-8-22(36(32)86(76,77)78)48-12-2-14-50-40-56-38(46)58-42(60-40)54-24-16-18(82(64,65)66)4-10-26(24)84(70,71)72)28(44)29-33(27)79-31-19(51-29)5-7-21(35(31)85(73,74)75)47-11-1-13-49-39-55-37(45)57-41(59-39)53-23-15-17(81(61,62)63)3-9-25(23)83(67,68)69;;;;/h3-10,15-16,47,51H,1-2,11-14H2,(H,61,62,63)(H,64,65,66)(H,67,68,69)(H,70,71,72)(H,73,74,75)(H,76,77,78)(H2,49,53,55,57,59)(H2,50,54,56,58,60);;;;/q;4*+1/p-4. The Kier molecular flexibility index (Phi) is 26.0. The maximum atomic E-state index is 13.0. The predicted octanol–water partition coefficient (Wildman–Crippen LogP) is -7.30. The number of benzene rings is 5. The van der Waals surface area contributed by atoms with Gasteiger partial charge in [-0.15, -0.1) is 0 Å². The molecule has 0 atom stereocenters. The van der Waals surface area contributed by atoms with Crippen LogP contribution in [0.15, 0.2) is 99.4 Å². The maximum absolute atomic E-state index is 13.0. The minimum atomic E-state index is -5.23. The first-order valence-electron chi connectivity index (χ1n) is 23.1. The van der Waals surface area contributed by atoms with E-state index in [1.807, 2.05) is 0 Å². The van der Waals surface area contributed by atoms with Crippen LogP contribution >= 0.6 is 46.4 Å². The molecule has 34 nitrogen and oxygen atoms in total. The van der Waals surface area contributed by atoms with Crippen molar-refractivity contribution in [1.29, 1.82) is 0 Å². The summed E-state index contributed by atoms with van der Waals surface area (Å²) in [6.45, 7) is -0.229. The van der Waals surface area contributed by atoms with Crippen molar-refractivity contribution in [2.75, 3.05) is 58.1 Å². The number of halogens is 4. The third-order valence-electron chi connectivity index (χ3n) is 11.4. The summed E-state index contributed by atoms with van der Waals surface area (Å²) in [7, 11) is -31.0. The second kappa shape index (κ2) is 30.2. The minimum absolute atomic E-state index is 0. The van der Waals surface area contributed by atoms with E-state index in [1.54, 1.807) is 0 Å². The van der Waals surface area contributed by atoms with Crippen LogP contribution in [0.25, 0.3) is 22.6 Å². The molecule has 4 heterocycles. The fourth-order valence-electron chi connectivity index (χ4n) is 7.92. The Morgan fingerprint density at radius 2 is 1.01 bits per heavy atom. The number of anilines is 9. The van der Waals surface area contributed by atoms with Gasteiger partial charge in [0.15, 0.2) is 32.6 Å². The number of nitrogens with zero attached hydrogens (tertiary/aromatic N) is 8. The fraction of sp³-hybridized carbons (Fsp3) is 0.143. The molecule has 0 unspecified atom stereocenters. The molecule has 90 heavy (non-hydrogen) atoms. The third kappa shape index (κ3) is 18.2. The average molecular weight is 1480 g/mol. The van der Waals surface area contributed by atoms with Gasteiger partial charge >= 0.3 is 128 Å². The Bertz CT molecular complexity index is 4930. The van der Waals surface area contributed by atoms with E-state index in [1.165, 1.54) is 24.3 Å². The molecule has 456 valence electrons. The maximum Gasteiger partial charge on any atom is 1.00 e. The summed E-state index contributed by atoms with van der Waals surface area (Å²) in [5.41, 5.74) is -2.63. The van der Waals surface area contributed by atoms with Gasteiger partial charge in [0.05, 0.1) is 47.7 Å². The van der Waals surface area contributed by atoms with Gasteiger partial charge in [-0.05, 0) is 96.7 Å². The molecule has 9 rings (SSSR count). The van der Waals surface area contributed by atoms with E-state index in [9.17, 15) is 77.8 Å². The molecule has 2 aliphatic heterocycles. The van der Waals surface area contributed by atoms with Gasteiger partial charge in [-0.3, -0.25) is 14.1 Å². The number of ether oxygens (including phenoxy) is 1. The van der Waals surface area contributed by atoms with Gasteiger partial charge in [-0.25, -0.2) is 38.7 Å². The van der Waals surface area contributed by atoms with E-state index in [0.29, 0.717) is 36.4 Å². The summed E-state index contributed by atoms with van der Waals surface area (Å²) < 4.78 is 226. The van der Waals surface area contributed by atoms with Gasteiger partial charge in [-0.2, -0.15) is 46.7 Å². The molecule has 2 aromatic heterocycles. The topological polar surface area (TPSA) is 535 Å². The summed E-state index contributed by atoms with van der Waals surface area (Å²) in [6, 6.07) is 8.61. The normalized spacial score (nSPS) is 12.6. The zero-order chi connectivity index (χ0) is 62.6. The molecule has 1 aliphatic carbocycles. The molecular formula is C42H30Cl4N14Na4O20S6. The molecule has 48 heteroatoms. The number of hydrogen-bond acceptors (Lipinski definition) is 32. The molecule has 0 amide bonds. The summed E-state index contributed by atoms with van der Waals surface area (Å²) >= 11 is 25.7. The van der Waals surface area contributed by atoms with E-state index >= 15 is 0 Å². The van der Waals surface area contributed by atoms with Crippen LogP contribution < -0.4 is 160 Å². The smallest absolute Gasteiger partial charge is 0.744 e. The van der Waals surface area contributed by atoms with Crippen LogP contribution in [0.3, 0.4) is 0 Å². The second-order valence-corrected chi connectivity index (χ2v) is 26.8. The Balaban J connectivity index is 0.00000368. The fourth-order valence-corrected chi connectivity index (χ4v) is 12.6. The molecule has 6 aromatic rings.